The van der Waals surface area contributed by atoms with E-state index in [1.807, 2.05) is 56.3 Å². The van der Waals surface area contributed by atoms with Crippen molar-refractivity contribution in [1.29, 1.82) is 0 Å². The van der Waals surface area contributed by atoms with E-state index >= 15 is 0 Å². The maximum Gasteiger partial charge on any atom is 0.319 e. The van der Waals surface area contributed by atoms with Gasteiger partial charge >= 0.3 is 6.03 Å². The van der Waals surface area contributed by atoms with Crippen LogP contribution in [0.25, 0.3) is 11.1 Å². The maximum absolute atomic E-state index is 12.3. The molecular formula is C19H21N5O. The Labute approximate surface area is 146 Å². The van der Waals surface area contributed by atoms with Gasteiger partial charge < -0.3 is 10.6 Å². The third-order valence-electron chi connectivity index (χ3n) is 3.82. The lowest BCUT2D eigenvalue weighted by molar-refractivity contribution is 0.249. The van der Waals surface area contributed by atoms with Gasteiger partial charge in [0.25, 0.3) is 0 Å². The molecule has 6 heteroatoms. The van der Waals surface area contributed by atoms with E-state index in [4.69, 9.17) is 0 Å². The fraction of sp³-hybridized carbons (Fsp3) is 0.211. The van der Waals surface area contributed by atoms with Crippen molar-refractivity contribution in [2.45, 2.75) is 26.3 Å². The summed E-state index contributed by atoms with van der Waals surface area (Å²) in [7, 11) is 0. The number of rotatable bonds is 5. The van der Waals surface area contributed by atoms with Crippen molar-refractivity contribution in [3.05, 3.63) is 66.2 Å². The number of pyridine rings is 1. The van der Waals surface area contributed by atoms with Crippen molar-refractivity contribution < 1.29 is 4.79 Å². The van der Waals surface area contributed by atoms with E-state index in [2.05, 4.69) is 25.8 Å². The fourth-order valence-electron chi connectivity index (χ4n) is 2.70. The molecule has 2 aromatic heterocycles. The molecule has 3 N–H and O–H groups in total. The average Bonchev–Trinajstić information content (AvgIpc) is 3.00. The van der Waals surface area contributed by atoms with Crippen molar-refractivity contribution in [3.63, 3.8) is 0 Å². The molecule has 6 nitrogen and oxygen atoms in total. The van der Waals surface area contributed by atoms with Crippen LogP contribution < -0.4 is 10.6 Å². The molecule has 3 rings (SSSR count). The van der Waals surface area contributed by atoms with Crippen LogP contribution in [0.5, 0.6) is 0 Å². The summed E-state index contributed by atoms with van der Waals surface area (Å²) in [6.45, 7) is 3.91. The van der Waals surface area contributed by atoms with Crippen LogP contribution in [0.15, 0.2) is 54.9 Å². The highest BCUT2D eigenvalue weighted by Gasteiger charge is 2.12. The summed E-state index contributed by atoms with van der Waals surface area (Å²) in [6, 6.07) is 13.3. The van der Waals surface area contributed by atoms with Gasteiger partial charge in [0.2, 0.25) is 0 Å². The van der Waals surface area contributed by atoms with Gasteiger partial charge in [0.05, 0.1) is 11.4 Å². The molecule has 2 amide bonds. The number of aromatic nitrogens is 3. The molecule has 0 aliphatic rings. The Kier molecular flexibility index (Phi) is 5.09. The van der Waals surface area contributed by atoms with Crippen LogP contribution in [-0.4, -0.2) is 27.3 Å². The smallest absolute Gasteiger partial charge is 0.319 e. The van der Waals surface area contributed by atoms with Crippen LogP contribution in [0.2, 0.25) is 0 Å². The third-order valence-corrected chi connectivity index (χ3v) is 3.82. The first kappa shape index (κ1) is 16.7. The highest BCUT2D eigenvalue weighted by molar-refractivity contribution is 5.94. The Balaban J connectivity index is 1.65. The van der Waals surface area contributed by atoms with Crippen molar-refractivity contribution in [2.24, 2.45) is 0 Å². The third kappa shape index (κ3) is 4.44. The number of hydrogen-bond acceptors (Lipinski definition) is 3. The number of carbonyl (C=O) groups is 1. The first-order chi connectivity index (χ1) is 12.1. The number of urea groups is 1. The normalized spacial score (nSPS) is 11.8. The standard InChI is InChI=1S/C19H21N5O/c1-13(11-16-12-14(2)23-24-16)21-19(25)22-18-6-4-3-5-17(18)15-7-9-20-10-8-15/h3-10,12-13H,11H2,1-2H3,(H,23,24)(H2,21,22,25)/t13-/m1/s1. The minimum atomic E-state index is -0.235. The van der Waals surface area contributed by atoms with Crippen LogP contribution in [-0.2, 0) is 6.42 Å². The van der Waals surface area contributed by atoms with E-state index in [-0.39, 0.29) is 12.1 Å². The number of H-pyrrole nitrogens is 1. The van der Waals surface area contributed by atoms with Crippen LogP contribution in [0.3, 0.4) is 0 Å². The number of carbonyl (C=O) groups excluding carboxylic acids is 1. The zero-order valence-electron chi connectivity index (χ0n) is 14.3. The van der Waals surface area contributed by atoms with Gasteiger partial charge in [0.15, 0.2) is 0 Å². The number of aryl methyl sites for hydroxylation is 1. The molecule has 1 aromatic carbocycles. The van der Waals surface area contributed by atoms with E-state index in [1.165, 1.54) is 0 Å². The minimum Gasteiger partial charge on any atom is -0.335 e. The van der Waals surface area contributed by atoms with Gasteiger partial charge in [-0.2, -0.15) is 5.10 Å². The van der Waals surface area contributed by atoms with Gasteiger partial charge in [-0.3, -0.25) is 10.1 Å². The quantitative estimate of drug-likeness (QED) is 0.667. The van der Waals surface area contributed by atoms with E-state index in [1.54, 1.807) is 12.4 Å². The molecule has 0 bridgehead atoms. The number of para-hydroxylation sites is 1. The summed E-state index contributed by atoms with van der Waals surface area (Å²) in [6.07, 6.45) is 4.14. The number of benzene rings is 1. The molecular weight excluding hydrogens is 314 g/mol. The molecule has 0 saturated carbocycles. The van der Waals surface area contributed by atoms with Crippen molar-refractivity contribution in [1.82, 2.24) is 20.5 Å². The fourth-order valence-corrected chi connectivity index (χ4v) is 2.70. The number of hydrogen-bond donors (Lipinski definition) is 3. The van der Waals surface area contributed by atoms with Crippen molar-refractivity contribution >= 4 is 11.7 Å². The molecule has 0 spiro atoms. The first-order valence-electron chi connectivity index (χ1n) is 8.19. The van der Waals surface area contributed by atoms with Crippen molar-refractivity contribution in [2.75, 3.05) is 5.32 Å². The van der Waals surface area contributed by atoms with Gasteiger partial charge in [-0.05, 0) is 43.7 Å². The van der Waals surface area contributed by atoms with Gasteiger partial charge in [0, 0.05) is 36.1 Å². The molecule has 2 heterocycles. The number of nitrogens with zero attached hydrogens (tertiary/aromatic N) is 2. The Hall–Kier alpha value is -3.15. The first-order valence-corrected chi connectivity index (χ1v) is 8.19. The largest absolute Gasteiger partial charge is 0.335 e. The molecule has 0 unspecified atom stereocenters. The number of amides is 2. The second kappa shape index (κ2) is 7.61. The SMILES string of the molecule is Cc1cc(C[C@@H](C)NC(=O)Nc2ccccc2-c2ccncc2)n[nH]1. The molecule has 0 aliphatic heterocycles. The van der Waals surface area contributed by atoms with Gasteiger partial charge in [0.1, 0.15) is 0 Å². The van der Waals surface area contributed by atoms with Gasteiger partial charge in [-0.25, -0.2) is 4.79 Å². The molecule has 1 atom stereocenters. The highest BCUT2D eigenvalue weighted by atomic mass is 16.2. The lowest BCUT2D eigenvalue weighted by Gasteiger charge is -2.15. The van der Waals surface area contributed by atoms with Crippen molar-refractivity contribution in [3.8, 4) is 11.1 Å². The van der Waals surface area contributed by atoms with E-state index in [9.17, 15) is 4.79 Å². The lowest BCUT2D eigenvalue weighted by Crippen LogP contribution is -2.37. The summed E-state index contributed by atoms with van der Waals surface area (Å²) < 4.78 is 0. The highest BCUT2D eigenvalue weighted by Crippen LogP contribution is 2.27. The Morgan fingerprint density at radius 1 is 1.20 bits per heavy atom. The summed E-state index contributed by atoms with van der Waals surface area (Å²) >= 11 is 0. The van der Waals surface area contributed by atoms with E-state index < -0.39 is 0 Å². The van der Waals surface area contributed by atoms with Crippen LogP contribution in [0, 0.1) is 6.92 Å². The zero-order valence-corrected chi connectivity index (χ0v) is 14.3. The summed E-state index contributed by atoms with van der Waals surface area (Å²) in [4.78, 5) is 16.4. The van der Waals surface area contributed by atoms with E-state index in [0.717, 1.165) is 28.2 Å². The van der Waals surface area contributed by atoms with Crippen LogP contribution in [0.1, 0.15) is 18.3 Å². The van der Waals surface area contributed by atoms with Gasteiger partial charge in [-0.15, -0.1) is 0 Å². The lowest BCUT2D eigenvalue weighted by atomic mass is 10.1. The number of aromatic amines is 1. The maximum atomic E-state index is 12.3. The van der Waals surface area contributed by atoms with Crippen LogP contribution >= 0.6 is 0 Å². The molecule has 128 valence electrons. The van der Waals surface area contributed by atoms with Crippen LogP contribution in [0.4, 0.5) is 10.5 Å². The number of nitrogens with one attached hydrogen (secondary N) is 3. The minimum absolute atomic E-state index is 0.0317. The summed E-state index contributed by atoms with van der Waals surface area (Å²) in [5.74, 6) is 0. The second-order valence-corrected chi connectivity index (χ2v) is 6.03. The average molecular weight is 335 g/mol. The molecule has 0 saturated heterocycles. The molecule has 0 aliphatic carbocycles. The molecule has 3 aromatic rings. The molecule has 25 heavy (non-hydrogen) atoms. The predicted octanol–water partition coefficient (Wildman–Crippen LogP) is 3.53. The Morgan fingerprint density at radius 3 is 2.68 bits per heavy atom. The van der Waals surface area contributed by atoms with Gasteiger partial charge in [-0.1, -0.05) is 18.2 Å². The zero-order chi connectivity index (χ0) is 17.6. The Bertz CT molecular complexity index is 844. The second-order valence-electron chi connectivity index (χ2n) is 6.03. The summed E-state index contributed by atoms with van der Waals surface area (Å²) in [5.41, 5.74) is 4.66. The molecule has 0 fully saturated rings. The monoisotopic (exact) mass is 335 g/mol. The Morgan fingerprint density at radius 2 is 1.96 bits per heavy atom. The predicted molar refractivity (Wildman–Crippen MR) is 98.3 cm³/mol. The van der Waals surface area contributed by atoms with E-state index in [0.29, 0.717) is 6.42 Å². The molecule has 0 radical (unpaired) electrons. The topological polar surface area (TPSA) is 82.7 Å². The summed E-state index contributed by atoms with van der Waals surface area (Å²) in [5, 5.41) is 13.0. The number of anilines is 1.